The van der Waals surface area contributed by atoms with Gasteiger partial charge in [-0.2, -0.15) is 0 Å². The van der Waals surface area contributed by atoms with Gasteiger partial charge in [-0.25, -0.2) is 4.79 Å². The zero-order valence-electron chi connectivity index (χ0n) is 10.3. The second kappa shape index (κ2) is 4.64. The number of carbonyl (C=O) groups is 2. The van der Waals surface area contributed by atoms with Gasteiger partial charge < -0.3 is 15.4 Å². The molecule has 1 aliphatic carbocycles. The standard InChI is InChI=1S/C12H20N2O3/c1-17-10(15)9-5-4-8-14(9)11(16)12(13)6-2-3-7-12/h9H,2-8,13H2,1H3/t9-/m0/s1. The minimum Gasteiger partial charge on any atom is -0.467 e. The third kappa shape index (κ3) is 2.16. The van der Waals surface area contributed by atoms with E-state index in [1.165, 1.54) is 7.11 Å². The fourth-order valence-electron chi connectivity index (χ4n) is 2.90. The van der Waals surface area contributed by atoms with Crippen LogP contribution in [-0.4, -0.2) is 42.0 Å². The Morgan fingerprint density at radius 2 is 1.94 bits per heavy atom. The van der Waals surface area contributed by atoms with Crippen molar-refractivity contribution in [1.82, 2.24) is 4.90 Å². The van der Waals surface area contributed by atoms with Crippen molar-refractivity contribution in [2.45, 2.75) is 50.1 Å². The number of hydrogen-bond acceptors (Lipinski definition) is 4. The lowest BCUT2D eigenvalue weighted by Gasteiger charge is -2.31. The number of likely N-dealkylation sites (tertiary alicyclic amines) is 1. The average Bonchev–Trinajstić information content (AvgIpc) is 2.96. The molecule has 1 atom stereocenters. The predicted molar refractivity (Wildman–Crippen MR) is 62.1 cm³/mol. The maximum absolute atomic E-state index is 12.4. The van der Waals surface area contributed by atoms with Crippen LogP contribution in [0.2, 0.25) is 0 Å². The summed E-state index contributed by atoms with van der Waals surface area (Å²) in [5.74, 6) is -0.389. The fraction of sp³-hybridized carbons (Fsp3) is 0.833. The van der Waals surface area contributed by atoms with E-state index in [0.717, 1.165) is 32.1 Å². The molecule has 2 N–H and O–H groups in total. The molecule has 0 unspecified atom stereocenters. The Balaban J connectivity index is 2.10. The van der Waals surface area contributed by atoms with Crippen molar-refractivity contribution in [3.05, 3.63) is 0 Å². The number of hydrogen-bond donors (Lipinski definition) is 1. The van der Waals surface area contributed by atoms with Gasteiger partial charge in [0.25, 0.3) is 0 Å². The Kier molecular flexibility index (Phi) is 3.38. The van der Waals surface area contributed by atoms with Crippen LogP contribution in [-0.2, 0) is 14.3 Å². The van der Waals surface area contributed by atoms with Crippen LogP contribution in [0.25, 0.3) is 0 Å². The van der Waals surface area contributed by atoms with E-state index in [1.807, 2.05) is 0 Å². The largest absolute Gasteiger partial charge is 0.467 e. The van der Waals surface area contributed by atoms with Crippen molar-refractivity contribution in [3.63, 3.8) is 0 Å². The van der Waals surface area contributed by atoms with Crippen molar-refractivity contribution in [3.8, 4) is 0 Å². The molecule has 1 aliphatic heterocycles. The van der Waals surface area contributed by atoms with Crippen LogP contribution in [0.1, 0.15) is 38.5 Å². The van der Waals surface area contributed by atoms with Crippen LogP contribution in [0.4, 0.5) is 0 Å². The number of nitrogens with zero attached hydrogens (tertiary/aromatic N) is 1. The number of methoxy groups -OCH3 is 1. The lowest BCUT2D eigenvalue weighted by Crippen LogP contribution is -2.56. The van der Waals surface area contributed by atoms with Crippen LogP contribution in [0, 0.1) is 0 Å². The molecule has 1 amide bonds. The summed E-state index contributed by atoms with van der Waals surface area (Å²) in [6.45, 7) is 0.623. The van der Waals surface area contributed by atoms with Gasteiger partial charge in [0.15, 0.2) is 0 Å². The summed E-state index contributed by atoms with van der Waals surface area (Å²) in [5, 5.41) is 0. The summed E-state index contributed by atoms with van der Waals surface area (Å²) >= 11 is 0. The molecule has 0 aromatic rings. The van der Waals surface area contributed by atoms with Crippen LogP contribution in [0.3, 0.4) is 0 Å². The van der Waals surface area contributed by atoms with Crippen LogP contribution >= 0.6 is 0 Å². The summed E-state index contributed by atoms with van der Waals surface area (Å²) in [6.07, 6.45) is 5.00. The highest BCUT2D eigenvalue weighted by molar-refractivity contribution is 5.91. The monoisotopic (exact) mass is 240 g/mol. The SMILES string of the molecule is COC(=O)[C@@H]1CCCN1C(=O)C1(N)CCCC1. The van der Waals surface area contributed by atoms with Crippen molar-refractivity contribution in [2.24, 2.45) is 5.73 Å². The van der Waals surface area contributed by atoms with Crippen LogP contribution in [0.5, 0.6) is 0 Å². The normalized spacial score (nSPS) is 27.2. The first-order chi connectivity index (χ1) is 8.08. The van der Waals surface area contributed by atoms with Gasteiger partial charge >= 0.3 is 5.97 Å². The summed E-state index contributed by atoms with van der Waals surface area (Å²) in [7, 11) is 1.36. The molecule has 0 aromatic heterocycles. The Morgan fingerprint density at radius 1 is 1.29 bits per heavy atom. The van der Waals surface area contributed by atoms with E-state index in [2.05, 4.69) is 0 Å². The molecule has 2 aliphatic rings. The summed E-state index contributed by atoms with van der Waals surface area (Å²) in [5.41, 5.74) is 5.40. The van der Waals surface area contributed by atoms with Gasteiger partial charge in [0, 0.05) is 6.54 Å². The first kappa shape index (κ1) is 12.4. The number of ether oxygens (including phenoxy) is 1. The van der Waals surface area contributed by atoms with Crippen molar-refractivity contribution in [2.75, 3.05) is 13.7 Å². The third-order valence-corrected chi connectivity index (χ3v) is 3.91. The fourth-order valence-corrected chi connectivity index (χ4v) is 2.90. The smallest absolute Gasteiger partial charge is 0.328 e. The molecule has 2 fully saturated rings. The Hall–Kier alpha value is -1.10. The summed E-state index contributed by atoms with van der Waals surface area (Å²) in [4.78, 5) is 25.6. The second-order valence-electron chi connectivity index (χ2n) is 5.04. The maximum Gasteiger partial charge on any atom is 0.328 e. The van der Waals surface area contributed by atoms with Gasteiger partial charge in [-0.15, -0.1) is 0 Å². The molecule has 5 nitrogen and oxygen atoms in total. The van der Waals surface area contributed by atoms with Crippen LogP contribution in [0.15, 0.2) is 0 Å². The summed E-state index contributed by atoms with van der Waals surface area (Å²) in [6, 6.07) is -0.423. The van der Waals surface area contributed by atoms with Crippen molar-refractivity contribution >= 4 is 11.9 Å². The summed E-state index contributed by atoms with van der Waals surface area (Å²) < 4.78 is 4.74. The van der Waals surface area contributed by atoms with Crippen molar-refractivity contribution < 1.29 is 14.3 Å². The van der Waals surface area contributed by atoms with E-state index in [1.54, 1.807) is 4.90 Å². The molecule has 1 saturated heterocycles. The number of esters is 1. The Labute approximate surface area is 101 Å². The third-order valence-electron chi connectivity index (χ3n) is 3.91. The first-order valence-corrected chi connectivity index (χ1v) is 6.26. The molecular formula is C12H20N2O3. The second-order valence-corrected chi connectivity index (χ2v) is 5.04. The molecule has 1 heterocycles. The van der Waals surface area contributed by atoms with E-state index < -0.39 is 11.6 Å². The Morgan fingerprint density at radius 3 is 2.53 bits per heavy atom. The highest BCUT2D eigenvalue weighted by Crippen LogP contribution is 2.31. The number of nitrogens with two attached hydrogens (primary N) is 1. The van der Waals surface area contributed by atoms with Gasteiger partial charge in [0.1, 0.15) is 6.04 Å². The van der Waals surface area contributed by atoms with E-state index in [9.17, 15) is 9.59 Å². The van der Waals surface area contributed by atoms with E-state index in [-0.39, 0.29) is 11.9 Å². The molecule has 17 heavy (non-hydrogen) atoms. The topological polar surface area (TPSA) is 72.6 Å². The molecule has 0 aromatic carbocycles. The van der Waals surface area contributed by atoms with E-state index in [4.69, 9.17) is 10.5 Å². The average molecular weight is 240 g/mol. The molecule has 1 saturated carbocycles. The zero-order valence-corrected chi connectivity index (χ0v) is 10.3. The zero-order chi connectivity index (χ0) is 12.5. The number of amides is 1. The molecular weight excluding hydrogens is 220 g/mol. The van der Waals surface area contributed by atoms with E-state index in [0.29, 0.717) is 13.0 Å². The van der Waals surface area contributed by atoms with Gasteiger partial charge in [-0.1, -0.05) is 12.8 Å². The van der Waals surface area contributed by atoms with Gasteiger partial charge in [-0.05, 0) is 25.7 Å². The quantitative estimate of drug-likeness (QED) is 0.710. The van der Waals surface area contributed by atoms with Crippen LogP contribution < -0.4 is 5.73 Å². The van der Waals surface area contributed by atoms with Gasteiger partial charge in [0.05, 0.1) is 12.6 Å². The molecule has 0 bridgehead atoms. The molecule has 96 valence electrons. The van der Waals surface area contributed by atoms with Gasteiger partial charge in [-0.3, -0.25) is 4.79 Å². The number of rotatable bonds is 2. The highest BCUT2D eigenvalue weighted by Gasteiger charge is 2.45. The lowest BCUT2D eigenvalue weighted by molar-refractivity contribution is -0.152. The lowest BCUT2D eigenvalue weighted by atomic mass is 9.97. The molecule has 2 rings (SSSR count). The minimum absolute atomic E-state index is 0.0668. The van der Waals surface area contributed by atoms with Gasteiger partial charge in [0.2, 0.25) is 5.91 Å². The van der Waals surface area contributed by atoms with Crippen molar-refractivity contribution in [1.29, 1.82) is 0 Å². The predicted octanol–water partition coefficient (Wildman–Crippen LogP) is 0.422. The molecule has 0 radical (unpaired) electrons. The first-order valence-electron chi connectivity index (χ1n) is 6.26. The minimum atomic E-state index is -0.739. The highest BCUT2D eigenvalue weighted by atomic mass is 16.5. The maximum atomic E-state index is 12.4. The Bertz CT molecular complexity index is 324. The molecule has 0 spiro atoms. The number of carbonyl (C=O) groups excluding carboxylic acids is 2. The van der Waals surface area contributed by atoms with E-state index >= 15 is 0 Å². The molecule has 5 heteroatoms.